The summed E-state index contributed by atoms with van der Waals surface area (Å²) in [5.41, 5.74) is 2.39. The van der Waals surface area contributed by atoms with Crippen LogP contribution in [0.1, 0.15) is 51.4 Å². The molecule has 2 aliphatic heterocycles. The molecule has 1 aliphatic carbocycles. The molecule has 39 heavy (non-hydrogen) atoms. The summed E-state index contributed by atoms with van der Waals surface area (Å²) in [6.07, 6.45) is 2.71. The van der Waals surface area contributed by atoms with E-state index in [2.05, 4.69) is 19.8 Å². The Morgan fingerprint density at radius 2 is 1.56 bits per heavy atom. The van der Waals surface area contributed by atoms with Crippen LogP contribution in [0.25, 0.3) is 0 Å². The van der Waals surface area contributed by atoms with Gasteiger partial charge in [-0.25, -0.2) is 0 Å². The number of rotatable bonds is 7. The average molecular weight is 532 g/mol. The normalized spacial score (nSPS) is 17.4. The van der Waals surface area contributed by atoms with E-state index in [1.165, 1.54) is 4.68 Å². The zero-order valence-corrected chi connectivity index (χ0v) is 21.5. The average Bonchev–Trinajstić information content (AvgIpc) is 3.60. The predicted molar refractivity (Wildman–Crippen MR) is 142 cm³/mol. The van der Waals surface area contributed by atoms with Gasteiger partial charge in [0.25, 0.3) is 5.69 Å². The maximum atomic E-state index is 13.1. The molecule has 3 heterocycles. The first kappa shape index (κ1) is 25.0. The molecule has 3 aliphatic rings. The van der Waals surface area contributed by atoms with Crippen molar-refractivity contribution in [3.63, 3.8) is 0 Å². The van der Waals surface area contributed by atoms with Gasteiger partial charge in [0.05, 0.1) is 11.5 Å². The van der Waals surface area contributed by atoms with Crippen molar-refractivity contribution in [2.75, 3.05) is 55.6 Å². The summed E-state index contributed by atoms with van der Waals surface area (Å²) in [7, 11) is 0. The van der Waals surface area contributed by atoms with Gasteiger partial charge >= 0.3 is 0 Å². The molecule has 0 saturated carbocycles. The molecule has 0 radical (unpaired) electrons. The fourth-order valence-electron chi connectivity index (χ4n) is 5.85. The SMILES string of the molecule is O=C1c2ccccc2C(=O)c2c1n[n+]([O-])n2CCCN1CCN(c2ccc([N+](=O)[O-])c(N3CCCC3)c2)CC1. The van der Waals surface area contributed by atoms with Crippen LogP contribution in [0.4, 0.5) is 17.1 Å². The standard InChI is InChI=1S/C27H29N7O5/c35-26-20-6-1-2-7-21(20)27(36)25-24(26)28-34(39)32(25)13-5-10-29-14-16-30(17-15-29)19-8-9-22(33(37)38)23(18-19)31-11-3-4-12-31/h1-2,6-9,18H,3-5,10-17H2. The van der Waals surface area contributed by atoms with E-state index in [4.69, 9.17) is 0 Å². The highest BCUT2D eigenvalue weighted by atomic mass is 16.6. The summed E-state index contributed by atoms with van der Waals surface area (Å²) in [4.78, 5) is 44.2. The van der Waals surface area contributed by atoms with Gasteiger partial charge in [0, 0.05) is 78.8 Å². The molecule has 0 N–H and O–H groups in total. The second kappa shape index (κ2) is 10.1. The van der Waals surface area contributed by atoms with Gasteiger partial charge in [-0.3, -0.25) is 24.6 Å². The van der Waals surface area contributed by atoms with Crippen molar-refractivity contribution in [1.29, 1.82) is 0 Å². The van der Waals surface area contributed by atoms with Gasteiger partial charge in [-0.1, -0.05) is 24.3 Å². The summed E-state index contributed by atoms with van der Waals surface area (Å²) in [6.45, 7) is 5.85. The summed E-state index contributed by atoms with van der Waals surface area (Å²) < 4.78 is 1.26. The molecule has 2 saturated heterocycles. The van der Waals surface area contributed by atoms with Crippen molar-refractivity contribution < 1.29 is 19.5 Å². The molecule has 0 bridgehead atoms. The molecule has 0 spiro atoms. The largest absolute Gasteiger partial charge is 0.571 e. The van der Waals surface area contributed by atoms with Gasteiger partial charge in [0.2, 0.25) is 17.3 Å². The highest BCUT2D eigenvalue weighted by Gasteiger charge is 2.39. The second-order valence-corrected chi connectivity index (χ2v) is 10.2. The number of hydrogen-bond acceptors (Lipinski definition) is 9. The van der Waals surface area contributed by atoms with Crippen LogP contribution in [0.2, 0.25) is 0 Å². The third-order valence-electron chi connectivity index (χ3n) is 7.91. The Morgan fingerprint density at radius 3 is 2.26 bits per heavy atom. The minimum absolute atomic E-state index is 0.0606. The minimum Gasteiger partial charge on any atom is -0.571 e. The fraction of sp³-hybridized carbons (Fsp3) is 0.407. The molecule has 2 aromatic carbocycles. The fourth-order valence-corrected chi connectivity index (χ4v) is 5.85. The van der Waals surface area contributed by atoms with Crippen LogP contribution >= 0.6 is 0 Å². The highest BCUT2D eigenvalue weighted by Crippen LogP contribution is 2.35. The molecule has 0 unspecified atom stereocenters. The molecular weight excluding hydrogens is 502 g/mol. The lowest BCUT2D eigenvalue weighted by Crippen LogP contribution is -2.47. The van der Waals surface area contributed by atoms with Gasteiger partial charge < -0.3 is 15.0 Å². The summed E-state index contributed by atoms with van der Waals surface area (Å²) in [5, 5.41) is 27.9. The van der Waals surface area contributed by atoms with Gasteiger partial charge in [-0.05, 0) is 31.4 Å². The van der Waals surface area contributed by atoms with Crippen LogP contribution in [-0.4, -0.2) is 77.0 Å². The molecule has 3 aromatic rings. The van der Waals surface area contributed by atoms with E-state index < -0.39 is 5.78 Å². The summed E-state index contributed by atoms with van der Waals surface area (Å²) in [6, 6.07) is 12.0. The van der Waals surface area contributed by atoms with Crippen molar-refractivity contribution >= 4 is 28.6 Å². The molecule has 12 heteroatoms. The van der Waals surface area contributed by atoms with E-state index in [1.54, 1.807) is 30.3 Å². The smallest absolute Gasteiger partial charge is 0.292 e. The number of hydrogen-bond donors (Lipinski definition) is 0. The number of anilines is 2. The molecule has 12 nitrogen and oxygen atoms in total. The quantitative estimate of drug-likeness (QED) is 0.152. The number of ketones is 2. The number of piperazine rings is 1. The molecule has 2 fully saturated rings. The number of nitro benzene ring substituents is 1. The topological polar surface area (TPSA) is 132 Å². The molecular formula is C27H29N7O5. The maximum Gasteiger partial charge on any atom is 0.292 e. The van der Waals surface area contributed by atoms with Crippen LogP contribution < -0.4 is 14.8 Å². The third kappa shape index (κ3) is 4.50. The lowest BCUT2D eigenvalue weighted by Gasteiger charge is -2.36. The van der Waals surface area contributed by atoms with Crippen molar-refractivity contribution in [3.05, 3.63) is 80.3 Å². The molecule has 6 rings (SSSR count). The highest BCUT2D eigenvalue weighted by molar-refractivity contribution is 6.26. The van der Waals surface area contributed by atoms with Crippen LogP contribution in [0.5, 0.6) is 0 Å². The Bertz CT molecular complexity index is 1450. The number of fused-ring (bicyclic) bond motifs is 2. The first-order valence-corrected chi connectivity index (χ1v) is 13.3. The summed E-state index contributed by atoms with van der Waals surface area (Å²) in [5.74, 6) is -0.758. The number of nitro groups is 1. The monoisotopic (exact) mass is 531 g/mol. The number of carbonyl (C=O) groups excluding carboxylic acids is 2. The van der Waals surface area contributed by atoms with Gasteiger partial charge in [0.15, 0.2) is 5.69 Å². The van der Waals surface area contributed by atoms with E-state index >= 15 is 0 Å². The van der Waals surface area contributed by atoms with Crippen molar-refractivity contribution in [2.45, 2.75) is 25.8 Å². The zero-order chi connectivity index (χ0) is 27.1. The number of nitrogens with zero attached hydrogens (tertiary/aromatic N) is 7. The van der Waals surface area contributed by atoms with Crippen LogP contribution in [0.15, 0.2) is 42.5 Å². The third-order valence-corrected chi connectivity index (χ3v) is 7.91. The first-order chi connectivity index (χ1) is 18.9. The Labute approximate surface area is 224 Å². The Kier molecular flexibility index (Phi) is 6.47. The number of benzene rings is 2. The predicted octanol–water partition coefficient (Wildman–Crippen LogP) is 2.01. The first-order valence-electron chi connectivity index (χ1n) is 13.3. The second-order valence-electron chi connectivity index (χ2n) is 10.2. The van der Waals surface area contributed by atoms with E-state index in [9.17, 15) is 24.9 Å². The Morgan fingerprint density at radius 1 is 0.872 bits per heavy atom. The lowest BCUT2D eigenvalue weighted by molar-refractivity contribution is -0.749. The van der Waals surface area contributed by atoms with E-state index in [-0.39, 0.29) is 39.9 Å². The van der Waals surface area contributed by atoms with Crippen LogP contribution in [-0.2, 0) is 6.54 Å². The van der Waals surface area contributed by atoms with Gasteiger partial charge in [0.1, 0.15) is 5.69 Å². The van der Waals surface area contributed by atoms with Crippen molar-refractivity contribution in [3.8, 4) is 0 Å². The molecule has 0 amide bonds. The van der Waals surface area contributed by atoms with Gasteiger partial charge in [-0.15, -0.1) is 4.68 Å². The Hall–Kier alpha value is -4.32. The van der Waals surface area contributed by atoms with Crippen LogP contribution in [0.3, 0.4) is 0 Å². The molecule has 202 valence electrons. The number of carbonyl (C=O) groups is 2. The number of aromatic nitrogens is 3. The maximum absolute atomic E-state index is 13.1. The Balaban J connectivity index is 1.08. The zero-order valence-electron chi connectivity index (χ0n) is 21.5. The van der Waals surface area contributed by atoms with E-state index in [1.807, 2.05) is 12.1 Å². The van der Waals surface area contributed by atoms with Gasteiger partial charge in [-0.2, -0.15) is 0 Å². The lowest BCUT2D eigenvalue weighted by atomic mass is 9.90. The molecule has 0 atom stereocenters. The summed E-state index contributed by atoms with van der Waals surface area (Å²) >= 11 is 0. The van der Waals surface area contributed by atoms with Crippen LogP contribution in [0, 0.1) is 15.3 Å². The minimum atomic E-state index is -0.404. The van der Waals surface area contributed by atoms with Crippen molar-refractivity contribution in [1.82, 2.24) is 14.7 Å². The van der Waals surface area contributed by atoms with E-state index in [0.29, 0.717) is 22.6 Å². The van der Waals surface area contributed by atoms with Crippen molar-refractivity contribution in [2.24, 2.45) is 0 Å². The molecule has 1 aromatic heterocycles. The van der Waals surface area contributed by atoms with E-state index in [0.717, 1.165) is 64.3 Å².